The molecule has 0 saturated heterocycles. The number of carbonyl (C=O) groups is 1. The van der Waals surface area contributed by atoms with Crippen molar-refractivity contribution in [2.45, 2.75) is 31.7 Å². The van der Waals surface area contributed by atoms with Gasteiger partial charge in [-0.25, -0.2) is 14.8 Å². The van der Waals surface area contributed by atoms with Crippen LogP contribution in [0.25, 0.3) is 10.2 Å². The van der Waals surface area contributed by atoms with Gasteiger partial charge < -0.3 is 10.1 Å². The predicted molar refractivity (Wildman–Crippen MR) is 98.9 cm³/mol. The summed E-state index contributed by atoms with van der Waals surface area (Å²) < 4.78 is 5.00. The molecule has 128 valence electrons. The maximum absolute atomic E-state index is 12.4. The second-order valence-corrected chi connectivity index (χ2v) is 7.21. The molecule has 0 radical (unpaired) electrons. The van der Waals surface area contributed by atoms with E-state index in [1.807, 2.05) is 30.3 Å². The van der Waals surface area contributed by atoms with Gasteiger partial charge in [0, 0.05) is 4.88 Å². The maximum atomic E-state index is 12.4. The monoisotopic (exact) mass is 353 g/mol. The van der Waals surface area contributed by atoms with E-state index in [1.54, 1.807) is 17.7 Å². The number of ether oxygens (including phenoxy) is 1. The molecule has 2 aromatic heterocycles. The molecule has 6 heteroatoms. The Labute approximate surface area is 150 Å². The molecule has 0 unspecified atom stereocenters. The summed E-state index contributed by atoms with van der Waals surface area (Å²) in [5, 5.41) is 4.37. The van der Waals surface area contributed by atoms with E-state index in [4.69, 9.17) is 4.74 Å². The molecule has 0 fully saturated rings. The lowest BCUT2D eigenvalue weighted by Gasteiger charge is -2.18. The summed E-state index contributed by atoms with van der Waals surface area (Å²) in [5.41, 5.74) is 2.19. The third-order valence-electron chi connectivity index (χ3n) is 4.60. The maximum Gasteiger partial charge on any atom is 0.333 e. The SMILES string of the molecule is COC(=O)[C@@H](Nc1ncnc2sc3c(c12)CCCC3)c1ccccc1. The summed E-state index contributed by atoms with van der Waals surface area (Å²) in [6.07, 6.45) is 6.13. The lowest BCUT2D eigenvalue weighted by molar-refractivity contribution is -0.141. The third-order valence-corrected chi connectivity index (χ3v) is 5.80. The summed E-state index contributed by atoms with van der Waals surface area (Å²) in [7, 11) is 1.40. The fourth-order valence-corrected chi connectivity index (χ4v) is 4.61. The Morgan fingerprint density at radius 3 is 2.80 bits per heavy atom. The summed E-state index contributed by atoms with van der Waals surface area (Å²) in [5.74, 6) is 0.380. The van der Waals surface area contributed by atoms with Gasteiger partial charge in [0.2, 0.25) is 0 Å². The van der Waals surface area contributed by atoms with Crippen LogP contribution in [-0.2, 0) is 22.4 Å². The number of thiophene rings is 1. The molecule has 0 aliphatic heterocycles. The van der Waals surface area contributed by atoms with Crippen LogP contribution in [0.5, 0.6) is 0 Å². The van der Waals surface area contributed by atoms with E-state index in [9.17, 15) is 4.79 Å². The van der Waals surface area contributed by atoms with Crippen LogP contribution in [0.15, 0.2) is 36.7 Å². The van der Waals surface area contributed by atoms with Gasteiger partial charge in [-0.3, -0.25) is 0 Å². The summed E-state index contributed by atoms with van der Waals surface area (Å²) in [4.78, 5) is 23.6. The number of anilines is 1. The Hall–Kier alpha value is -2.47. The first-order chi connectivity index (χ1) is 12.3. The zero-order valence-electron chi connectivity index (χ0n) is 14.0. The molecule has 0 saturated carbocycles. The van der Waals surface area contributed by atoms with Gasteiger partial charge in [-0.2, -0.15) is 0 Å². The van der Waals surface area contributed by atoms with Gasteiger partial charge in [-0.1, -0.05) is 30.3 Å². The van der Waals surface area contributed by atoms with Crippen molar-refractivity contribution in [2.24, 2.45) is 0 Å². The molecular weight excluding hydrogens is 334 g/mol. The number of nitrogens with one attached hydrogen (secondary N) is 1. The highest BCUT2D eigenvalue weighted by atomic mass is 32.1. The van der Waals surface area contributed by atoms with Crippen molar-refractivity contribution in [3.63, 3.8) is 0 Å². The van der Waals surface area contributed by atoms with Crippen LogP contribution >= 0.6 is 11.3 Å². The molecule has 5 nitrogen and oxygen atoms in total. The second-order valence-electron chi connectivity index (χ2n) is 6.12. The van der Waals surface area contributed by atoms with Crippen LogP contribution in [0.1, 0.15) is 34.9 Å². The standard InChI is InChI=1S/C19H19N3O2S/c1-24-19(23)16(12-7-3-2-4-8-12)22-17-15-13-9-5-6-10-14(13)25-18(15)21-11-20-17/h2-4,7-8,11,16H,5-6,9-10H2,1H3,(H,20,21,22)/t16-/m0/s1. The highest BCUT2D eigenvalue weighted by Crippen LogP contribution is 2.39. The first-order valence-corrected chi connectivity index (χ1v) is 9.24. The third kappa shape index (κ3) is 2.98. The van der Waals surface area contributed by atoms with Crippen molar-refractivity contribution >= 4 is 33.3 Å². The van der Waals surface area contributed by atoms with E-state index in [2.05, 4.69) is 15.3 Å². The molecule has 1 aliphatic carbocycles. The van der Waals surface area contributed by atoms with Crippen LogP contribution in [0.4, 0.5) is 5.82 Å². The lowest BCUT2D eigenvalue weighted by Crippen LogP contribution is -2.23. The summed E-state index contributed by atoms with van der Waals surface area (Å²) in [6, 6.07) is 8.98. The van der Waals surface area contributed by atoms with Crippen molar-refractivity contribution in [1.82, 2.24) is 9.97 Å². The predicted octanol–water partition coefficient (Wildman–Crippen LogP) is 3.90. The molecule has 3 aromatic rings. The van der Waals surface area contributed by atoms with Gasteiger partial charge in [-0.15, -0.1) is 11.3 Å². The van der Waals surface area contributed by atoms with Gasteiger partial charge >= 0.3 is 5.97 Å². The molecule has 1 aliphatic rings. The Bertz CT molecular complexity index is 908. The van der Waals surface area contributed by atoms with Crippen molar-refractivity contribution in [2.75, 3.05) is 12.4 Å². The van der Waals surface area contributed by atoms with E-state index < -0.39 is 6.04 Å². The normalized spacial score (nSPS) is 14.8. The average molecular weight is 353 g/mol. The number of rotatable bonds is 4. The minimum atomic E-state index is -0.594. The molecule has 1 aromatic carbocycles. The smallest absolute Gasteiger partial charge is 0.333 e. The number of fused-ring (bicyclic) bond motifs is 3. The van der Waals surface area contributed by atoms with Gasteiger partial charge in [0.15, 0.2) is 6.04 Å². The molecule has 1 atom stereocenters. The molecule has 1 N–H and O–H groups in total. The van der Waals surface area contributed by atoms with Gasteiger partial charge in [0.1, 0.15) is 17.0 Å². The highest BCUT2D eigenvalue weighted by molar-refractivity contribution is 7.19. The number of nitrogens with zero attached hydrogens (tertiary/aromatic N) is 2. The molecule has 25 heavy (non-hydrogen) atoms. The highest BCUT2D eigenvalue weighted by Gasteiger charge is 2.25. The molecule has 4 rings (SSSR count). The summed E-state index contributed by atoms with van der Waals surface area (Å²) in [6.45, 7) is 0. The van der Waals surface area contributed by atoms with E-state index in [-0.39, 0.29) is 5.97 Å². The van der Waals surface area contributed by atoms with Crippen LogP contribution in [0.3, 0.4) is 0 Å². The minimum absolute atomic E-state index is 0.331. The first kappa shape index (κ1) is 16.0. The Morgan fingerprint density at radius 1 is 1.20 bits per heavy atom. The number of esters is 1. The van der Waals surface area contributed by atoms with Gasteiger partial charge in [0.05, 0.1) is 12.5 Å². The zero-order chi connectivity index (χ0) is 17.2. The second kappa shape index (κ2) is 6.80. The number of hydrogen-bond donors (Lipinski definition) is 1. The quantitative estimate of drug-likeness (QED) is 0.721. The fraction of sp³-hybridized carbons (Fsp3) is 0.316. The average Bonchev–Trinajstić information content (AvgIpc) is 3.05. The van der Waals surface area contributed by atoms with Crippen molar-refractivity contribution < 1.29 is 9.53 Å². The number of aromatic nitrogens is 2. The van der Waals surface area contributed by atoms with Crippen LogP contribution < -0.4 is 5.32 Å². The van der Waals surface area contributed by atoms with Crippen molar-refractivity contribution in [1.29, 1.82) is 0 Å². The van der Waals surface area contributed by atoms with E-state index >= 15 is 0 Å². The molecule has 0 bridgehead atoms. The zero-order valence-corrected chi connectivity index (χ0v) is 14.8. The Kier molecular flexibility index (Phi) is 4.36. The van der Waals surface area contributed by atoms with Crippen LogP contribution in [0, 0.1) is 0 Å². The number of carbonyl (C=O) groups excluding carboxylic acids is 1. The largest absolute Gasteiger partial charge is 0.467 e. The first-order valence-electron chi connectivity index (χ1n) is 8.42. The Morgan fingerprint density at radius 2 is 2.00 bits per heavy atom. The topological polar surface area (TPSA) is 64.1 Å². The van der Waals surface area contributed by atoms with E-state index in [0.29, 0.717) is 5.82 Å². The Balaban J connectivity index is 1.78. The lowest BCUT2D eigenvalue weighted by atomic mass is 9.97. The van der Waals surface area contributed by atoms with Gasteiger partial charge in [-0.05, 0) is 36.8 Å². The van der Waals surface area contributed by atoms with Crippen molar-refractivity contribution in [3.8, 4) is 0 Å². The fourth-order valence-electron chi connectivity index (χ4n) is 3.38. The minimum Gasteiger partial charge on any atom is -0.467 e. The van der Waals surface area contributed by atoms with E-state index in [1.165, 1.54) is 30.4 Å². The number of aryl methyl sites for hydroxylation is 2. The molecule has 0 amide bonds. The summed E-state index contributed by atoms with van der Waals surface area (Å²) >= 11 is 1.74. The number of methoxy groups -OCH3 is 1. The van der Waals surface area contributed by atoms with E-state index in [0.717, 1.165) is 28.6 Å². The van der Waals surface area contributed by atoms with Crippen LogP contribution in [-0.4, -0.2) is 23.0 Å². The molecular formula is C19H19N3O2S. The number of hydrogen-bond acceptors (Lipinski definition) is 6. The van der Waals surface area contributed by atoms with Crippen LogP contribution in [0.2, 0.25) is 0 Å². The molecule has 0 spiro atoms. The molecule has 2 heterocycles. The number of benzene rings is 1. The van der Waals surface area contributed by atoms with Gasteiger partial charge in [0.25, 0.3) is 0 Å². The van der Waals surface area contributed by atoms with Crippen molar-refractivity contribution in [3.05, 3.63) is 52.7 Å².